The number of carbonyl (C=O) groups excluding carboxylic acids is 3. The fraction of sp³-hybridized carbons (Fsp3) is 0.714. The molecule has 0 aliphatic carbocycles. The lowest BCUT2D eigenvalue weighted by Crippen LogP contribution is -2.43. The molecule has 126 valence electrons. The lowest BCUT2D eigenvalue weighted by molar-refractivity contribution is -0.138. The van der Waals surface area contributed by atoms with Gasteiger partial charge in [-0.2, -0.15) is 12.6 Å². The van der Waals surface area contributed by atoms with Crippen molar-refractivity contribution in [1.29, 1.82) is 0 Å². The van der Waals surface area contributed by atoms with E-state index in [0.717, 1.165) is 0 Å². The molecule has 0 aromatic carbocycles. The Bertz CT molecular complexity index is 425. The molecule has 22 heavy (non-hydrogen) atoms. The minimum absolute atomic E-state index is 0.00924. The molecule has 0 radical (unpaired) electrons. The third-order valence-electron chi connectivity index (χ3n) is 3.17. The molecule has 2 atom stereocenters. The number of Topliss-reactive ketones (excluding diaryl/α,β-unsaturated/α-hetero) is 2. The van der Waals surface area contributed by atoms with E-state index in [1.54, 1.807) is 13.8 Å². The van der Waals surface area contributed by atoms with Crippen molar-refractivity contribution in [2.24, 2.45) is 11.7 Å². The third kappa shape index (κ3) is 8.14. The summed E-state index contributed by atoms with van der Waals surface area (Å²) in [6, 6.07) is -1.89. The van der Waals surface area contributed by atoms with Gasteiger partial charge in [-0.25, -0.2) is 0 Å². The van der Waals surface area contributed by atoms with Crippen LogP contribution in [0.3, 0.4) is 0 Å². The molecular formula is C14H24N2O5S. The van der Waals surface area contributed by atoms with Gasteiger partial charge in [-0.3, -0.25) is 19.2 Å². The van der Waals surface area contributed by atoms with Crippen molar-refractivity contribution < 1.29 is 24.3 Å². The Morgan fingerprint density at radius 3 is 2.09 bits per heavy atom. The highest BCUT2D eigenvalue weighted by molar-refractivity contribution is 7.80. The summed E-state index contributed by atoms with van der Waals surface area (Å²) in [7, 11) is 0. The van der Waals surface area contributed by atoms with Gasteiger partial charge in [0.25, 0.3) is 0 Å². The van der Waals surface area contributed by atoms with Crippen LogP contribution in [0.15, 0.2) is 0 Å². The van der Waals surface area contributed by atoms with Crippen molar-refractivity contribution in [2.75, 3.05) is 5.75 Å². The number of carboxylic acids is 1. The Hall–Kier alpha value is -1.41. The Morgan fingerprint density at radius 1 is 1.09 bits per heavy atom. The second-order valence-corrected chi connectivity index (χ2v) is 5.74. The van der Waals surface area contributed by atoms with E-state index in [1.807, 2.05) is 0 Å². The average molecular weight is 332 g/mol. The van der Waals surface area contributed by atoms with Crippen molar-refractivity contribution in [3.63, 3.8) is 0 Å². The van der Waals surface area contributed by atoms with Gasteiger partial charge in [0.2, 0.25) is 5.91 Å². The highest BCUT2D eigenvalue weighted by Crippen LogP contribution is 2.06. The van der Waals surface area contributed by atoms with Gasteiger partial charge in [0, 0.05) is 30.9 Å². The molecule has 0 rings (SSSR count). The van der Waals surface area contributed by atoms with Gasteiger partial charge in [-0.05, 0) is 6.42 Å². The molecule has 0 aromatic heterocycles. The number of nitrogens with one attached hydrogen (secondary N) is 1. The van der Waals surface area contributed by atoms with Crippen LogP contribution in [-0.2, 0) is 19.2 Å². The van der Waals surface area contributed by atoms with E-state index in [4.69, 9.17) is 10.8 Å². The van der Waals surface area contributed by atoms with Gasteiger partial charge in [0.15, 0.2) is 5.78 Å². The maximum Gasteiger partial charge on any atom is 0.320 e. The summed E-state index contributed by atoms with van der Waals surface area (Å²) in [6.07, 6.45) is 0.0914. The molecule has 0 spiro atoms. The van der Waals surface area contributed by atoms with Crippen LogP contribution in [0.4, 0.5) is 0 Å². The number of nitrogens with two attached hydrogens (primary N) is 1. The van der Waals surface area contributed by atoms with Crippen LogP contribution >= 0.6 is 12.6 Å². The highest BCUT2D eigenvalue weighted by Gasteiger charge is 2.21. The van der Waals surface area contributed by atoms with Gasteiger partial charge in [0.1, 0.15) is 11.8 Å². The van der Waals surface area contributed by atoms with Crippen molar-refractivity contribution in [3.8, 4) is 0 Å². The summed E-state index contributed by atoms with van der Waals surface area (Å²) in [5.41, 5.74) is 5.30. The maximum absolute atomic E-state index is 11.9. The first-order valence-corrected chi connectivity index (χ1v) is 7.76. The van der Waals surface area contributed by atoms with Crippen molar-refractivity contribution >= 4 is 36.1 Å². The van der Waals surface area contributed by atoms with Crippen molar-refractivity contribution in [1.82, 2.24) is 5.32 Å². The summed E-state index contributed by atoms with van der Waals surface area (Å²) in [6.45, 7) is 3.52. The summed E-state index contributed by atoms with van der Waals surface area (Å²) < 4.78 is 0. The third-order valence-corrected chi connectivity index (χ3v) is 3.53. The molecule has 8 heteroatoms. The van der Waals surface area contributed by atoms with Gasteiger partial charge >= 0.3 is 5.97 Å². The molecule has 0 aliphatic rings. The van der Waals surface area contributed by atoms with Crippen LogP contribution in [0.5, 0.6) is 0 Å². The van der Waals surface area contributed by atoms with E-state index >= 15 is 0 Å². The largest absolute Gasteiger partial charge is 0.480 e. The predicted octanol–water partition coefficient (Wildman–Crippen LogP) is 0.168. The van der Waals surface area contributed by atoms with Crippen LogP contribution in [0.2, 0.25) is 0 Å². The number of carboxylic acid groups (broad SMARTS) is 1. The van der Waals surface area contributed by atoms with E-state index in [1.165, 1.54) is 0 Å². The molecule has 0 saturated carbocycles. The molecule has 7 nitrogen and oxygen atoms in total. The Balaban J connectivity index is 4.28. The van der Waals surface area contributed by atoms with Gasteiger partial charge < -0.3 is 16.2 Å². The zero-order valence-electron chi connectivity index (χ0n) is 12.9. The maximum atomic E-state index is 11.9. The number of hydrogen-bond donors (Lipinski definition) is 4. The monoisotopic (exact) mass is 332 g/mol. The van der Waals surface area contributed by atoms with Crippen LogP contribution < -0.4 is 11.1 Å². The number of thiol groups is 1. The summed E-state index contributed by atoms with van der Waals surface area (Å²) >= 11 is 4.02. The van der Waals surface area contributed by atoms with Gasteiger partial charge in [-0.1, -0.05) is 13.8 Å². The smallest absolute Gasteiger partial charge is 0.320 e. The molecule has 1 amide bonds. The van der Waals surface area contributed by atoms with Crippen LogP contribution in [0.1, 0.15) is 39.5 Å². The Morgan fingerprint density at radius 2 is 1.64 bits per heavy atom. The zero-order valence-corrected chi connectivity index (χ0v) is 13.8. The van der Waals surface area contributed by atoms with E-state index in [2.05, 4.69) is 17.9 Å². The van der Waals surface area contributed by atoms with Gasteiger partial charge in [-0.15, -0.1) is 0 Å². The number of carbonyl (C=O) groups is 4. The first kappa shape index (κ1) is 20.6. The predicted molar refractivity (Wildman–Crippen MR) is 84.7 cm³/mol. The lowest BCUT2D eigenvalue weighted by atomic mass is 10.0. The number of aliphatic carboxylic acids is 1. The van der Waals surface area contributed by atoms with E-state index < -0.39 is 24.0 Å². The second-order valence-electron chi connectivity index (χ2n) is 5.37. The molecule has 2 unspecified atom stereocenters. The minimum atomic E-state index is -1.18. The molecule has 0 fully saturated rings. The number of rotatable bonds is 11. The topological polar surface area (TPSA) is 127 Å². The first-order valence-electron chi connectivity index (χ1n) is 7.13. The first-order chi connectivity index (χ1) is 10.2. The Kier molecular flexibility index (Phi) is 9.68. The molecule has 4 N–H and O–H groups in total. The molecule has 0 saturated heterocycles. The molecular weight excluding hydrogens is 308 g/mol. The lowest BCUT2D eigenvalue weighted by Gasteiger charge is -2.16. The average Bonchev–Trinajstić information content (AvgIpc) is 2.46. The van der Waals surface area contributed by atoms with Crippen LogP contribution in [-0.4, -0.2) is 46.4 Å². The minimum Gasteiger partial charge on any atom is -0.480 e. The zero-order chi connectivity index (χ0) is 17.3. The molecule has 0 aromatic rings. The van der Waals surface area contributed by atoms with Crippen LogP contribution in [0, 0.1) is 5.92 Å². The standard InChI is InChI=1S/C14H24N2O5S/c1-8(2)11(17)4-5-12(18)10(7-22)16-13(19)6-3-9(15)14(20)21/h8-10,22H,3-7,15H2,1-2H3,(H,16,19)(H,20,21). The molecule has 0 aliphatic heterocycles. The van der Waals surface area contributed by atoms with Crippen LogP contribution in [0.25, 0.3) is 0 Å². The summed E-state index contributed by atoms with van der Waals surface area (Å²) in [5.74, 6) is -1.92. The quantitative estimate of drug-likeness (QED) is 0.399. The van der Waals surface area contributed by atoms with Crippen molar-refractivity contribution in [3.05, 3.63) is 0 Å². The fourth-order valence-corrected chi connectivity index (χ4v) is 1.91. The SMILES string of the molecule is CC(C)C(=O)CCC(=O)C(CS)NC(=O)CCC(N)C(=O)O. The molecule has 0 bridgehead atoms. The number of hydrogen-bond acceptors (Lipinski definition) is 6. The van der Waals surface area contributed by atoms with E-state index in [-0.39, 0.29) is 48.9 Å². The van der Waals surface area contributed by atoms with E-state index in [0.29, 0.717) is 0 Å². The van der Waals surface area contributed by atoms with E-state index in [9.17, 15) is 19.2 Å². The normalized spacial score (nSPS) is 13.5. The second kappa shape index (κ2) is 10.3. The number of amides is 1. The fourth-order valence-electron chi connectivity index (χ4n) is 1.61. The number of ketones is 2. The summed E-state index contributed by atoms with van der Waals surface area (Å²) in [4.78, 5) is 45.7. The summed E-state index contributed by atoms with van der Waals surface area (Å²) in [5, 5.41) is 11.1. The molecule has 0 heterocycles. The van der Waals surface area contributed by atoms with Gasteiger partial charge in [0.05, 0.1) is 6.04 Å². The highest BCUT2D eigenvalue weighted by atomic mass is 32.1. The van der Waals surface area contributed by atoms with Crippen molar-refractivity contribution in [2.45, 2.75) is 51.6 Å². The Labute approximate surface area is 135 Å².